The maximum absolute atomic E-state index is 5.92. The van der Waals surface area contributed by atoms with Crippen molar-refractivity contribution in [3.63, 3.8) is 0 Å². The molecule has 1 unspecified atom stereocenters. The molecule has 0 saturated heterocycles. The standard InChI is InChI=1S/C17H27NO/c1-4-12-18-14-17(15(2)3)19-13-8-11-16-9-6-5-7-10-16/h5-11,15,17-18H,4,12-14H2,1-3H3. The Kier molecular flexibility index (Phi) is 8.19. The van der Waals surface area contributed by atoms with Crippen LogP contribution in [0.25, 0.3) is 6.08 Å². The van der Waals surface area contributed by atoms with Gasteiger partial charge in [-0.1, -0.05) is 63.3 Å². The monoisotopic (exact) mass is 261 g/mol. The predicted octanol–water partition coefficient (Wildman–Crippen LogP) is 3.74. The summed E-state index contributed by atoms with van der Waals surface area (Å²) in [5, 5.41) is 3.43. The van der Waals surface area contributed by atoms with Crippen LogP contribution in [-0.4, -0.2) is 25.8 Å². The Balaban J connectivity index is 2.29. The van der Waals surface area contributed by atoms with Crippen molar-refractivity contribution in [1.82, 2.24) is 5.32 Å². The van der Waals surface area contributed by atoms with E-state index in [1.807, 2.05) is 18.2 Å². The van der Waals surface area contributed by atoms with E-state index in [-0.39, 0.29) is 6.10 Å². The minimum Gasteiger partial charge on any atom is -0.373 e. The molecule has 0 aromatic heterocycles. The first kappa shape index (κ1) is 15.9. The molecule has 1 atom stereocenters. The van der Waals surface area contributed by atoms with Crippen molar-refractivity contribution in [3.8, 4) is 0 Å². The Hall–Kier alpha value is -1.12. The van der Waals surface area contributed by atoms with E-state index in [4.69, 9.17) is 4.74 Å². The summed E-state index contributed by atoms with van der Waals surface area (Å²) >= 11 is 0. The fraction of sp³-hybridized carbons (Fsp3) is 0.529. The van der Waals surface area contributed by atoms with Crippen LogP contribution in [0.3, 0.4) is 0 Å². The van der Waals surface area contributed by atoms with Crippen LogP contribution in [0.15, 0.2) is 36.4 Å². The van der Waals surface area contributed by atoms with Gasteiger partial charge in [0.1, 0.15) is 0 Å². The number of nitrogens with one attached hydrogen (secondary N) is 1. The van der Waals surface area contributed by atoms with Gasteiger partial charge in [-0.3, -0.25) is 0 Å². The van der Waals surface area contributed by atoms with E-state index in [1.54, 1.807) is 0 Å². The van der Waals surface area contributed by atoms with Crippen molar-refractivity contribution in [3.05, 3.63) is 42.0 Å². The Morgan fingerprint density at radius 2 is 1.95 bits per heavy atom. The molecule has 1 aromatic carbocycles. The van der Waals surface area contributed by atoms with Crippen LogP contribution in [-0.2, 0) is 4.74 Å². The molecule has 2 nitrogen and oxygen atoms in total. The Bertz CT molecular complexity index is 346. The smallest absolute Gasteiger partial charge is 0.0726 e. The number of hydrogen-bond donors (Lipinski definition) is 1. The zero-order valence-corrected chi connectivity index (χ0v) is 12.4. The minimum absolute atomic E-state index is 0.284. The van der Waals surface area contributed by atoms with Crippen LogP contribution in [0.1, 0.15) is 32.8 Å². The fourth-order valence-electron chi connectivity index (χ4n) is 1.84. The lowest BCUT2D eigenvalue weighted by molar-refractivity contribution is 0.0411. The van der Waals surface area contributed by atoms with Crippen molar-refractivity contribution >= 4 is 6.08 Å². The topological polar surface area (TPSA) is 21.3 Å². The second-order valence-electron chi connectivity index (χ2n) is 5.13. The number of hydrogen-bond acceptors (Lipinski definition) is 2. The number of rotatable bonds is 9. The van der Waals surface area contributed by atoms with Gasteiger partial charge >= 0.3 is 0 Å². The molecule has 19 heavy (non-hydrogen) atoms. The summed E-state index contributed by atoms with van der Waals surface area (Å²) in [6, 6.07) is 10.3. The minimum atomic E-state index is 0.284. The van der Waals surface area contributed by atoms with E-state index in [0.29, 0.717) is 12.5 Å². The molecule has 1 rings (SSSR count). The summed E-state index contributed by atoms with van der Waals surface area (Å²) in [6.45, 7) is 9.27. The van der Waals surface area contributed by atoms with Gasteiger partial charge in [-0.2, -0.15) is 0 Å². The summed E-state index contributed by atoms with van der Waals surface area (Å²) in [7, 11) is 0. The van der Waals surface area contributed by atoms with E-state index in [2.05, 4.69) is 50.4 Å². The van der Waals surface area contributed by atoms with Crippen LogP contribution < -0.4 is 5.32 Å². The van der Waals surface area contributed by atoms with Crippen molar-refractivity contribution in [2.45, 2.75) is 33.3 Å². The molecule has 0 spiro atoms. The van der Waals surface area contributed by atoms with Crippen molar-refractivity contribution < 1.29 is 4.74 Å². The molecule has 106 valence electrons. The fourth-order valence-corrected chi connectivity index (χ4v) is 1.84. The Morgan fingerprint density at radius 1 is 1.21 bits per heavy atom. The third kappa shape index (κ3) is 7.14. The van der Waals surface area contributed by atoms with Crippen LogP contribution in [0.4, 0.5) is 0 Å². The molecule has 1 N–H and O–H groups in total. The quantitative estimate of drug-likeness (QED) is 0.684. The second kappa shape index (κ2) is 9.76. The summed E-state index contributed by atoms with van der Waals surface area (Å²) in [4.78, 5) is 0. The molecule has 0 radical (unpaired) electrons. The maximum Gasteiger partial charge on any atom is 0.0726 e. The molecule has 0 aliphatic carbocycles. The first-order valence-electron chi connectivity index (χ1n) is 7.28. The average Bonchev–Trinajstić information content (AvgIpc) is 2.42. The zero-order valence-electron chi connectivity index (χ0n) is 12.4. The van der Waals surface area contributed by atoms with E-state index < -0.39 is 0 Å². The average molecular weight is 261 g/mol. The van der Waals surface area contributed by atoms with Gasteiger partial charge in [-0.25, -0.2) is 0 Å². The highest BCUT2D eigenvalue weighted by Crippen LogP contribution is 2.06. The van der Waals surface area contributed by atoms with E-state index in [1.165, 1.54) is 12.0 Å². The van der Waals surface area contributed by atoms with Gasteiger partial charge in [-0.05, 0) is 24.4 Å². The van der Waals surface area contributed by atoms with Gasteiger partial charge in [0.2, 0.25) is 0 Å². The molecule has 2 heteroatoms. The largest absolute Gasteiger partial charge is 0.373 e. The van der Waals surface area contributed by atoms with Gasteiger partial charge < -0.3 is 10.1 Å². The summed E-state index contributed by atoms with van der Waals surface area (Å²) in [5.74, 6) is 0.537. The summed E-state index contributed by atoms with van der Waals surface area (Å²) in [5.41, 5.74) is 1.22. The van der Waals surface area contributed by atoms with Crippen LogP contribution in [0, 0.1) is 5.92 Å². The van der Waals surface area contributed by atoms with Gasteiger partial charge in [0.25, 0.3) is 0 Å². The molecule has 0 amide bonds. The predicted molar refractivity (Wildman–Crippen MR) is 83.2 cm³/mol. The molecular formula is C17H27NO. The number of benzene rings is 1. The first-order chi connectivity index (χ1) is 9.24. The highest BCUT2D eigenvalue weighted by molar-refractivity contribution is 5.48. The van der Waals surface area contributed by atoms with Crippen LogP contribution in [0.5, 0.6) is 0 Å². The maximum atomic E-state index is 5.92. The van der Waals surface area contributed by atoms with Gasteiger partial charge in [-0.15, -0.1) is 0 Å². The van der Waals surface area contributed by atoms with Crippen LogP contribution >= 0.6 is 0 Å². The number of ether oxygens (including phenoxy) is 1. The molecule has 0 heterocycles. The Labute approximate surface area is 117 Å². The van der Waals surface area contributed by atoms with E-state index in [0.717, 1.165) is 13.1 Å². The molecule has 0 aliphatic heterocycles. The van der Waals surface area contributed by atoms with Gasteiger partial charge in [0.05, 0.1) is 12.7 Å². The molecule has 0 saturated carbocycles. The Morgan fingerprint density at radius 3 is 2.58 bits per heavy atom. The molecule has 0 fully saturated rings. The highest BCUT2D eigenvalue weighted by Gasteiger charge is 2.12. The van der Waals surface area contributed by atoms with Gasteiger partial charge in [0, 0.05) is 6.54 Å². The first-order valence-corrected chi connectivity index (χ1v) is 7.28. The third-order valence-corrected chi connectivity index (χ3v) is 3.03. The highest BCUT2D eigenvalue weighted by atomic mass is 16.5. The van der Waals surface area contributed by atoms with Crippen molar-refractivity contribution in [2.75, 3.05) is 19.7 Å². The lowest BCUT2D eigenvalue weighted by Crippen LogP contribution is -2.33. The summed E-state index contributed by atoms with van der Waals surface area (Å²) < 4.78 is 5.92. The van der Waals surface area contributed by atoms with E-state index >= 15 is 0 Å². The lowest BCUT2D eigenvalue weighted by atomic mass is 10.1. The van der Waals surface area contributed by atoms with Crippen molar-refractivity contribution in [1.29, 1.82) is 0 Å². The second-order valence-corrected chi connectivity index (χ2v) is 5.13. The van der Waals surface area contributed by atoms with Gasteiger partial charge in [0.15, 0.2) is 0 Å². The SMILES string of the molecule is CCCNCC(OCC=Cc1ccccc1)C(C)C. The van der Waals surface area contributed by atoms with E-state index in [9.17, 15) is 0 Å². The normalized spacial score (nSPS) is 13.3. The molecule has 1 aromatic rings. The van der Waals surface area contributed by atoms with Crippen molar-refractivity contribution in [2.24, 2.45) is 5.92 Å². The van der Waals surface area contributed by atoms with Crippen LogP contribution in [0.2, 0.25) is 0 Å². The lowest BCUT2D eigenvalue weighted by Gasteiger charge is -2.21. The molecule has 0 aliphatic rings. The third-order valence-electron chi connectivity index (χ3n) is 3.03. The zero-order chi connectivity index (χ0) is 13.9. The molecular weight excluding hydrogens is 234 g/mol. The summed E-state index contributed by atoms with van der Waals surface area (Å²) in [6.07, 6.45) is 5.65. The molecule has 0 bridgehead atoms.